The number of hydrogen-bond donors (Lipinski definition) is 3. The minimum atomic E-state index is -0.582. The minimum absolute atomic E-state index is 0.121. The Balaban J connectivity index is 1.91. The van der Waals surface area contributed by atoms with E-state index in [4.69, 9.17) is 11.6 Å². The molecule has 0 spiro atoms. The third kappa shape index (κ3) is 6.83. The Morgan fingerprint density at radius 1 is 0.971 bits per heavy atom. The average Bonchev–Trinajstić information content (AvgIpc) is 2.86. The first-order valence-corrected chi connectivity index (χ1v) is 11.4. The first kappa shape index (κ1) is 25.3. The van der Waals surface area contributed by atoms with Crippen molar-refractivity contribution in [2.45, 2.75) is 20.3 Å². The van der Waals surface area contributed by atoms with E-state index in [-0.39, 0.29) is 11.5 Å². The quantitative estimate of drug-likeness (QED) is 0.277. The third-order valence-electron chi connectivity index (χ3n) is 5.22. The number of halogens is 1. The number of anilines is 2. The van der Waals surface area contributed by atoms with Crippen LogP contribution in [-0.2, 0) is 16.0 Å². The van der Waals surface area contributed by atoms with Crippen molar-refractivity contribution in [2.24, 2.45) is 0 Å². The van der Waals surface area contributed by atoms with Crippen LogP contribution < -0.4 is 16.0 Å². The zero-order chi connectivity index (χ0) is 25.2. The van der Waals surface area contributed by atoms with E-state index in [0.717, 1.165) is 11.1 Å². The second-order valence-corrected chi connectivity index (χ2v) is 8.05. The van der Waals surface area contributed by atoms with E-state index in [9.17, 15) is 14.9 Å². The molecule has 3 aromatic rings. The highest BCUT2D eigenvalue weighted by Gasteiger charge is 2.19. The van der Waals surface area contributed by atoms with Gasteiger partial charge in [-0.15, -0.1) is 0 Å². The van der Waals surface area contributed by atoms with Crippen LogP contribution in [-0.4, -0.2) is 11.8 Å². The lowest BCUT2D eigenvalue weighted by Gasteiger charge is -2.15. The lowest BCUT2D eigenvalue weighted by molar-refractivity contribution is -0.113. The molecule has 0 aliphatic heterocycles. The van der Waals surface area contributed by atoms with Gasteiger partial charge in [-0.05, 0) is 54.8 Å². The first-order chi connectivity index (χ1) is 16.9. The standard InChI is InChI=1S/C28H25ClN4O2/c1-3-20-9-5-6-10-23(20)27(24(18-30)28(35)32-22-14-12-21(29)13-15-22)31-17-16-26(34)33-25-11-7-4-8-19(25)2/h4-17,31H,3H2,1-2H3,(H,32,35)(H,33,34)/b17-16+,27-24+. The van der Waals surface area contributed by atoms with E-state index in [0.29, 0.717) is 34.1 Å². The smallest absolute Gasteiger partial charge is 0.268 e. The van der Waals surface area contributed by atoms with Gasteiger partial charge in [0.05, 0.1) is 5.70 Å². The second-order valence-electron chi connectivity index (χ2n) is 7.62. The number of nitrogens with one attached hydrogen (secondary N) is 3. The Hall–Kier alpha value is -4.34. The summed E-state index contributed by atoms with van der Waals surface area (Å²) in [5, 5.41) is 19.0. The number of rotatable bonds is 8. The highest BCUT2D eigenvalue weighted by Crippen LogP contribution is 2.23. The van der Waals surface area contributed by atoms with Crippen molar-refractivity contribution in [3.8, 4) is 6.07 Å². The molecule has 35 heavy (non-hydrogen) atoms. The zero-order valence-electron chi connectivity index (χ0n) is 19.4. The van der Waals surface area contributed by atoms with Gasteiger partial charge >= 0.3 is 0 Å². The number of carbonyl (C=O) groups excluding carboxylic acids is 2. The van der Waals surface area contributed by atoms with Gasteiger partial charge in [-0.1, -0.05) is 61.0 Å². The van der Waals surface area contributed by atoms with Gasteiger partial charge in [0, 0.05) is 34.2 Å². The van der Waals surface area contributed by atoms with Crippen LogP contribution in [0.25, 0.3) is 5.70 Å². The van der Waals surface area contributed by atoms with Crippen molar-refractivity contribution in [1.29, 1.82) is 5.26 Å². The van der Waals surface area contributed by atoms with Crippen molar-refractivity contribution in [3.63, 3.8) is 0 Å². The summed E-state index contributed by atoms with van der Waals surface area (Å²) in [5.74, 6) is -0.931. The molecule has 6 nitrogen and oxygen atoms in total. The predicted octanol–water partition coefficient (Wildman–Crippen LogP) is 5.83. The lowest BCUT2D eigenvalue weighted by atomic mass is 9.99. The molecular weight excluding hydrogens is 460 g/mol. The molecule has 0 aliphatic carbocycles. The molecule has 3 rings (SSSR count). The fourth-order valence-electron chi connectivity index (χ4n) is 3.39. The summed E-state index contributed by atoms with van der Waals surface area (Å²) in [6.07, 6.45) is 3.42. The molecule has 0 bridgehead atoms. The monoisotopic (exact) mass is 484 g/mol. The van der Waals surface area contributed by atoms with Gasteiger partial charge in [0.2, 0.25) is 5.91 Å². The summed E-state index contributed by atoms with van der Waals surface area (Å²) < 4.78 is 0. The second kappa shape index (κ2) is 12.2. The molecule has 0 aromatic heterocycles. The normalized spacial score (nSPS) is 11.4. The van der Waals surface area contributed by atoms with E-state index in [1.54, 1.807) is 24.3 Å². The van der Waals surface area contributed by atoms with Gasteiger partial charge in [-0.2, -0.15) is 5.26 Å². The molecule has 3 N–H and O–H groups in total. The molecule has 3 aromatic carbocycles. The van der Waals surface area contributed by atoms with Crippen LogP contribution in [0.5, 0.6) is 0 Å². The summed E-state index contributed by atoms with van der Waals surface area (Å²) >= 11 is 5.92. The van der Waals surface area contributed by atoms with E-state index in [1.807, 2.05) is 68.4 Å². The number of hydrogen-bond acceptors (Lipinski definition) is 4. The topological polar surface area (TPSA) is 94.0 Å². The fourth-order valence-corrected chi connectivity index (χ4v) is 3.52. The minimum Gasteiger partial charge on any atom is -0.360 e. The number of benzene rings is 3. The van der Waals surface area contributed by atoms with E-state index >= 15 is 0 Å². The maximum atomic E-state index is 13.1. The molecule has 0 heterocycles. The number of carbonyl (C=O) groups is 2. The Morgan fingerprint density at radius 3 is 2.34 bits per heavy atom. The molecule has 0 aliphatic rings. The Bertz CT molecular complexity index is 1320. The van der Waals surface area contributed by atoms with Crippen molar-refractivity contribution < 1.29 is 9.59 Å². The number of amides is 2. The summed E-state index contributed by atoms with van der Waals surface area (Å²) in [6, 6.07) is 23.5. The molecule has 7 heteroatoms. The SMILES string of the molecule is CCc1ccccc1/C(N/C=C/C(=O)Nc1ccccc1C)=C(/C#N)C(=O)Nc1ccc(Cl)cc1. The molecule has 176 valence electrons. The summed E-state index contributed by atoms with van der Waals surface area (Å²) in [4.78, 5) is 25.5. The Labute approximate surface area is 209 Å². The lowest BCUT2D eigenvalue weighted by Crippen LogP contribution is -2.20. The molecular formula is C28H25ClN4O2. The summed E-state index contributed by atoms with van der Waals surface area (Å²) in [5.41, 5.74) is 3.96. The van der Waals surface area contributed by atoms with Gasteiger partial charge in [-0.25, -0.2) is 0 Å². The highest BCUT2D eigenvalue weighted by molar-refractivity contribution is 6.30. The predicted molar refractivity (Wildman–Crippen MR) is 141 cm³/mol. The number of nitriles is 1. The summed E-state index contributed by atoms with van der Waals surface area (Å²) in [7, 11) is 0. The molecule has 2 amide bonds. The molecule has 0 saturated heterocycles. The van der Waals surface area contributed by atoms with Crippen LogP contribution in [0.4, 0.5) is 11.4 Å². The van der Waals surface area contributed by atoms with Crippen molar-refractivity contribution in [2.75, 3.05) is 10.6 Å². The Kier molecular flexibility index (Phi) is 8.82. The van der Waals surface area contributed by atoms with E-state index in [1.165, 1.54) is 12.3 Å². The maximum absolute atomic E-state index is 13.1. The van der Waals surface area contributed by atoms with Crippen LogP contribution in [0, 0.1) is 18.3 Å². The van der Waals surface area contributed by atoms with Crippen LogP contribution in [0.3, 0.4) is 0 Å². The molecule has 0 atom stereocenters. The molecule has 0 saturated carbocycles. The Morgan fingerprint density at radius 2 is 1.66 bits per heavy atom. The maximum Gasteiger partial charge on any atom is 0.268 e. The van der Waals surface area contributed by atoms with Crippen LogP contribution >= 0.6 is 11.6 Å². The first-order valence-electron chi connectivity index (χ1n) is 11.0. The van der Waals surface area contributed by atoms with Gasteiger partial charge < -0.3 is 16.0 Å². The van der Waals surface area contributed by atoms with E-state index in [2.05, 4.69) is 16.0 Å². The fraction of sp³-hybridized carbons (Fsp3) is 0.107. The number of nitrogens with zero attached hydrogens (tertiary/aromatic N) is 1. The third-order valence-corrected chi connectivity index (χ3v) is 5.48. The van der Waals surface area contributed by atoms with E-state index < -0.39 is 5.91 Å². The number of para-hydroxylation sites is 1. The van der Waals surface area contributed by atoms with Gasteiger partial charge in [0.15, 0.2) is 0 Å². The summed E-state index contributed by atoms with van der Waals surface area (Å²) in [6.45, 7) is 3.89. The van der Waals surface area contributed by atoms with Gasteiger partial charge in [0.1, 0.15) is 11.6 Å². The highest BCUT2D eigenvalue weighted by atomic mass is 35.5. The number of aryl methyl sites for hydroxylation is 2. The van der Waals surface area contributed by atoms with Crippen molar-refractivity contribution in [3.05, 3.63) is 112 Å². The molecule has 0 radical (unpaired) electrons. The molecule has 0 fully saturated rings. The van der Waals surface area contributed by atoms with Crippen molar-refractivity contribution in [1.82, 2.24) is 5.32 Å². The van der Waals surface area contributed by atoms with Crippen LogP contribution in [0.15, 0.2) is 90.6 Å². The molecule has 0 unspecified atom stereocenters. The van der Waals surface area contributed by atoms with Crippen molar-refractivity contribution >= 4 is 40.5 Å². The average molecular weight is 485 g/mol. The van der Waals surface area contributed by atoms with Crippen LogP contribution in [0.2, 0.25) is 5.02 Å². The van der Waals surface area contributed by atoms with Gasteiger partial charge in [-0.3, -0.25) is 9.59 Å². The van der Waals surface area contributed by atoms with Gasteiger partial charge in [0.25, 0.3) is 5.91 Å². The van der Waals surface area contributed by atoms with Crippen LogP contribution in [0.1, 0.15) is 23.6 Å². The zero-order valence-corrected chi connectivity index (χ0v) is 20.2. The largest absolute Gasteiger partial charge is 0.360 e.